The summed E-state index contributed by atoms with van der Waals surface area (Å²) in [6.07, 6.45) is 3.09. The molecule has 2 aromatic rings. The molecule has 1 aromatic heterocycles. The van der Waals surface area contributed by atoms with Crippen molar-refractivity contribution in [2.45, 2.75) is 40.0 Å². The van der Waals surface area contributed by atoms with Crippen LogP contribution in [0, 0.1) is 13.8 Å². The van der Waals surface area contributed by atoms with Crippen LogP contribution < -0.4 is 5.73 Å². The van der Waals surface area contributed by atoms with Crippen molar-refractivity contribution in [2.24, 2.45) is 0 Å². The molecule has 0 unspecified atom stereocenters. The third-order valence-corrected chi connectivity index (χ3v) is 4.06. The molecule has 0 atom stereocenters. The van der Waals surface area contributed by atoms with E-state index in [0.717, 1.165) is 19.3 Å². The lowest BCUT2D eigenvalue weighted by molar-refractivity contribution is 0.879. The molecule has 2 nitrogen and oxygen atoms in total. The van der Waals surface area contributed by atoms with Crippen molar-refractivity contribution in [1.82, 2.24) is 4.98 Å². The molecule has 0 amide bonds. The largest absolute Gasteiger partial charge is 0.375 e. The molecule has 18 heavy (non-hydrogen) atoms. The Morgan fingerprint density at radius 3 is 2.78 bits per heavy atom. The molecule has 0 saturated carbocycles. The van der Waals surface area contributed by atoms with Crippen LogP contribution in [0.15, 0.2) is 18.2 Å². The van der Waals surface area contributed by atoms with Crippen molar-refractivity contribution in [3.8, 4) is 0 Å². The van der Waals surface area contributed by atoms with Crippen molar-refractivity contribution in [3.05, 3.63) is 45.5 Å². The summed E-state index contributed by atoms with van der Waals surface area (Å²) in [5.41, 5.74) is 11.1. The maximum Gasteiger partial charge on any atom is 0.180 e. The van der Waals surface area contributed by atoms with Crippen molar-refractivity contribution < 1.29 is 0 Å². The summed E-state index contributed by atoms with van der Waals surface area (Å²) >= 11 is 1.63. The van der Waals surface area contributed by atoms with E-state index in [1.54, 1.807) is 11.3 Å². The first kappa shape index (κ1) is 13.1. The number of thiazole rings is 1. The molecule has 0 aliphatic heterocycles. The topological polar surface area (TPSA) is 38.9 Å². The predicted molar refractivity (Wildman–Crippen MR) is 79.2 cm³/mol. The molecule has 0 fully saturated rings. The third kappa shape index (κ3) is 2.91. The highest BCUT2D eigenvalue weighted by atomic mass is 32.1. The highest BCUT2D eigenvalue weighted by molar-refractivity contribution is 7.15. The molecule has 3 heteroatoms. The normalized spacial score (nSPS) is 10.8. The van der Waals surface area contributed by atoms with Crippen LogP contribution in [-0.4, -0.2) is 4.98 Å². The first-order valence-corrected chi connectivity index (χ1v) is 7.22. The summed E-state index contributed by atoms with van der Waals surface area (Å²) in [6, 6.07) is 6.61. The fraction of sp³-hybridized carbons (Fsp3) is 0.400. The van der Waals surface area contributed by atoms with Crippen LogP contribution in [0.1, 0.15) is 40.6 Å². The van der Waals surface area contributed by atoms with Crippen LogP contribution in [0.2, 0.25) is 0 Å². The third-order valence-electron chi connectivity index (χ3n) is 3.14. The fourth-order valence-corrected chi connectivity index (χ4v) is 3.04. The van der Waals surface area contributed by atoms with Crippen molar-refractivity contribution in [1.29, 1.82) is 0 Å². The Labute approximate surface area is 113 Å². The summed E-state index contributed by atoms with van der Waals surface area (Å²) in [6.45, 7) is 6.48. The molecule has 0 bridgehead atoms. The average molecular weight is 260 g/mol. The van der Waals surface area contributed by atoms with Crippen LogP contribution in [0.25, 0.3) is 0 Å². The van der Waals surface area contributed by atoms with Gasteiger partial charge in [0.15, 0.2) is 5.13 Å². The minimum Gasteiger partial charge on any atom is -0.375 e. The van der Waals surface area contributed by atoms with E-state index in [2.05, 4.69) is 44.0 Å². The highest BCUT2D eigenvalue weighted by Gasteiger charge is 2.10. The van der Waals surface area contributed by atoms with E-state index >= 15 is 0 Å². The van der Waals surface area contributed by atoms with Gasteiger partial charge in [-0.3, -0.25) is 0 Å². The standard InChI is InChI=1S/C15H20N2S/c1-4-5-13-14(18-15(16)17-13)9-12-8-10(2)6-7-11(12)3/h6-8H,4-5,9H2,1-3H3,(H2,16,17). The van der Waals surface area contributed by atoms with Gasteiger partial charge in [0.1, 0.15) is 0 Å². The van der Waals surface area contributed by atoms with Crippen LogP contribution in [0.3, 0.4) is 0 Å². The molecular formula is C15H20N2S. The Balaban J connectivity index is 2.30. The monoisotopic (exact) mass is 260 g/mol. The van der Waals surface area contributed by atoms with Gasteiger partial charge in [-0.15, -0.1) is 11.3 Å². The smallest absolute Gasteiger partial charge is 0.180 e. The van der Waals surface area contributed by atoms with Crippen LogP contribution in [0.4, 0.5) is 5.13 Å². The minimum atomic E-state index is 0.693. The van der Waals surface area contributed by atoms with Gasteiger partial charge in [0.05, 0.1) is 5.69 Å². The zero-order valence-electron chi connectivity index (χ0n) is 11.3. The van der Waals surface area contributed by atoms with Gasteiger partial charge in [-0.25, -0.2) is 4.98 Å². The molecule has 0 radical (unpaired) electrons. The van der Waals surface area contributed by atoms with E-state index in [1.165, 1.54) is 27.3 Å². The Bertz CT molecular complexity index is 543. The van der Waals surface area contributed by atoms with Gasteiger partial charge in [-0.2, -0.15) is 0 Å². The average Bonchev–Trinajstić information content (AvgIpc) is 2.65. The number of benzene rings is 1. The number of hydrogen-bond acceptors (Lipinski definition) is 3. The van der Waals surface area contributed by atoms with E-state index in [9.17, 15) is 0 Å². The molecule has 1 heterocycles. The van der Waals surface area contributed by atoms with Crippen LogP contribution in [0.5, 0.6) is 0 Å². The second-order valence-electron chi connectivity index (χ2n) is 4.78. The number of rotatable bonds is 4. The highest BCUT2D eigenvalue weighted by Crippen LogP contribution is 2.26. The summed E-state index contributed by atoms with van der Waals surface area (Å²) in [7, 11) is 0. The second-order valence-corrected chi connectivity index (χ2v) is 5.89. The summed E-state index contributed by atoms with van der Waals surface area (Å²) < 4.78 is 0. The number of hydrogen-bond donors (Lipinski definition) is 1. The first-order valence-electron chi connectivity index (χ1n) is 6.40. The molecule has 2 N–H and O–H groups in total. The zero-order chi connectivity index (χ0) is 13.1. The van der Waals surface area contributed by atoms with Gasteiger partial charge in [0, 0.05) is 11.3 Å². The SMILES string of the molecule is CCCc1nc(N)sc1Cc1cc(C)ccc1C. The summed E-state index contributed by atoms with van der Waals surface area (Å²) in [5, 5.41) is 0.693. The van der Waals surface area contributed by atoms with E-state index in [0.29, 0.717) is 5.13 Å². The van der Waals surface area contributed by atoms with Crippen molar-refractivity contribution >= 4 is 16.5 Å². The van der Waals surface area contributed by atoms with Gasteiger partial charge < -0.3 is 5.73 Å². The Kier molecular flexibility index (Phi) is 4.02. The van der Waals surface area contributed by atoms with Crippen molar-refractivity contribution in [3.63, 3.8) is 0 Å². The molecule has 0 spiro atoms. The van der Waals surface area contributed by atoms with Crippen LogP contribution >= 0.6 is 11.3 Å². The lowest BCUT2D eigenvalue weighted by Gasteiger charge is -2.07. The Morgan fingerprint density at radius 2 is 2.06 bits per heavy atom. The maximum atomic E-state index is 5.84. The number of nitrogens with zero attached hydrogens (tertiary/aromatic N) is 1. The van der Waals surface area contributed by atoms with Gasteiger partial charge >= 0.3 is 0 Å². The molecule has 96 valence electrons. The van der Waals surface area contributed by atoms with Gasteiger partial charge in [-0.05, 0) is 31.4 Å². The number of anilines is 1. The molecule has 0 saturated heterocycles. The summed E-state index contributed by atoms with van der Waals surface area (Å²) in [5.74, 6) is 0. The minimum absolute atomic E-state index is 0.693. The van der Waals surface area contributed by atoms with E-state index in [4.69, 9.17) is 5.73 Å². The molecule has 2 rings (SSSR count). The molecule has 1 aromatic carbocycles. The van der Waals surface area contributed by atoms with E-state index in [-0.39, 0.29) is 0 Å². The quantitative estimate of drug-likeness (QED) is 0.906. The first-order chi connectivity index (χ1) is 8.60. The Hall–Kier alpha value is -1.35. The van der Waals surface area contributed by atoms with Gasteiger partial charge in [0.25, 0.3) is 0 Å². The lowest BCUT2D eigenvalue weighted by Crippen LogP contribution is -1.95. The number of aromatic nitrogens is 1. The van der Waals surface area contributed by atoms with Crippen molar-refractivity contribution in [2.75, 3.05) is 5.73 Å². The number of nitrogens with two attached hydrogens (primary N) is 1. The number of nitrogen functional groups attached to an aromatic ring is 1. The van der Waals surface area contributed by atoms with E-state index in [1.807, 2.05) is 0 Å². The second kappa shape index (κ2) is 5.53. The van der Waals surface area contributed by atoms with E-state index < -0.39 is 0 Å². The summed E-state index contributed by atoms with van der Waals surface area (Å²) in [4.78, 5) is 5.77. The fourth-order valence-electron chi connectivity index (χ4n) is 2.14. The zero-order valence-corrected chi connectivity index (χ0v) is 12.1. The molecular weight excluding hydrogens is 240 g/mol. The lowest BCUT2D eigenvalue weighted by atomic mass is 10.0. The Morgan fingerprint density at radius 1 is 1.28 bits per heavy atom. The number of aryl methyl sites for hydroxylation is 3. The van der Waals surface area contributed by atoms with Gasteiger partial charge in [-0.1, -0.05) is 37.1 Å². The van der Waals surface area contributed by atoms with Gasteiger partial charge in [0.2, 0.25) is 0 Å². The van der Waals surface area contributed by atoms with Crippen LogP contribution in [-0.2, 0) is 12.8 Å². The maximum absolute atomic E-state index is 5.84. The molecule has 0 aliphatic rings. The predicted octanol–water partition coefficient (Wildman–Crippen LogP) is 3.89. The molecule has 0 aliphatic carbocycles.